The van der Waals surface area contributed by atoms with Crippen molar-refractivity contribution in [1.82, 2.24) is 10.2 Å². The van der Waals surface area contributed by atoms with Crippen molar-refractivity contribution in [3.05, 3.63) is 83.1 Å². The van der Waals surface area contributed by atoms with Gasteiger partial charge in [0.25, 0.3) is 5.91 Å². The third-order valence-corrected chi connectivity index (χ3v) is 7.92. The molecule has 0 aromatic heterocycles. The Morgan fingerprint density at radius 2 is 1.61 bits per heavy atom. The number of hydrogen-bond acceptors (Lipinski definition) is 9. The van der Waals surface area contributed by atoms with E-state index >= 15 is 0 Å². The lowest BCUT2D eigenvalue weighted by Gasteiger charge is -2.49. The first-order chi connectivity index (χ1) is 19.5. The number of carbonyl (C=O) groups is 5. The van der Waals surface area contributed by atoms with E-state index in [1.807, 2.05) is 18.2 Å². The van der Waals surface area contributed by atoms with Gasteiger partial charge in [0, 0.05) is 5.75 Å². The summed E-state index contributed by atoms with van der Waals surface area (Å²) in [5, 5.41) is 2.12. The predicted molar refractivity (Wildman–Crippen MR) is 150 cm³/mol. The number of β-lactam (4-membered cyclic amide) rings is 1. The number of nitrogens with one attached hydrogen (secondary N) is 1. The van der Waals surface area contributed by atoms with Crippen LogP contribution in [0.5, 0.6) is 0 Å². The predicted octanol–water partition coefficient (Wildman–Crippen LogP) is 3.28. The molecular weight excluding hydrogens is 548 g/mol. The number of nitrogens with zero attached hydrogens (tertiary/aromatic N) is 1. The fourth-order valence-corrected chi connectivity index (χ4v) is 5.57. The van der Waals surface area contributed by atoms with Crippen molar-refractivity contribution in [1.29, 1.82) is 0 Å². The molecule has 0 aliphatic carbocycles. The Balaban J connectivity index is 1.43. The summed E-state index contributed by atoms with van der Waals surface area (Å²) >= 11 is 1.37. The van der Waals surface area contributed by atoms with Crippen LogP contribution in [-0.2, 0) is 44.8 Å². The minimum Gasteiger partial charge on any atom is -0.460 e. The summed E-state index contributed by atoms with van der Waals surface area (Å²) in [5.41, 5.74) is 1.10. The van der Waals surface area contributed by atoms with Crippen molar-refractivity contribution in [2.45, 2.75) is 51.6 Å². The zero-order valence-corrected chi connectivity index (χ0v) is 24.1. The second-order valence-corrected chi connectivity index (χ2v) is 11.8. The Kier molecular flexibility index (Phi) is 9.17. The molecule has 3 atom stereocenters. The van der Waals surface area contributed by atoms with Crippen molar-refractivity contribution in [2.75, 3.05) is 12.5 Å². The van der Waals surface area contributed by atoms with Gasteiger partial charge in [-0.05, 0) is 44.4 Å². The molecule has 41 heavy (non-hydrogen) atoms. The zero-order chi connectivity index (χ0) is 29.7. The van der Waals surface area contributed by atoms with Crippen molar-refractivity contribution < 1.29 is 38.2 Å². The van der Waals surface area contributed by atoms with Gasteiger partial charge in [0.15, 0.2) is 5.92 Å². The summed E-state index contributed by atoms with van der Waals surface area (Å²) in [6.07, 6.45) is 0. The lowest BCUT2D eigenvalue weighted by atomic mass is 9.96. The molecule has 0 bridgehead atoms. The molecule has 1 N–H and O–H groups in total. The van der Waals surface area contributed by atoms with E-state index in [2.05, 4.69) is 5.32 Å². The number of esters is 3. The van der Waals surface area contributed by atoms with Gasteiger partial charge in [0.1, 0.15) is 23.7 Å². The molecule has 1 fully saturated rings. The Labute approximate surface area is 242 Å². The molecule has 2 aromatic rings. The number of amides is 2. The summed E-state index contributed by atoms with van der Waals surface area (Å²) in [6.45, 7) is 6.12. The number of ether oxygens (including phenoxy) is 3. The van der Waals surface area contributed by atoms with Crippen LogP contribution in [0.3, 0.4) is 0 Å². The molecular formula is C30H32N2O8S. The van der Waals surface area contributed by atoms with Crippen molar-refractivity contribution in [2.24, 2.45) is 5.41 Å². The van der Waals surface area contributed by atoms with E-state index in [-0.39, 0.29) is 12.3 Å². The Morgan fingerprint density at radius 3 is 2.24 bits per heavy atom. The van der Waals surface area contributed by atoms with Crippen LogP contribution >= 0.6 is 11.8 Å². The molecule has 11 heteroatoms. The number of rotatable bonds is 9. The standard InChI is InChI=1S/C30H32N2O8S/c1-18-16-41-26-22(25(34)32(26)23(18)28(36)39-17-40-29(37)30(2,3)4)31-24(33)21(20-13-9-6-10-14-20)27(35)38-15-19-11-7-5-8-12-19/h5-14,21-22,26H,15-17H2,1-4H3,(H,31,33)/t21?,22?,26-/m1/s1. The van der Waals surface area contributed by atoms with Crippen LogP contribution in [0, 0.1) is 5.41 Å². The van der Waals surface area contributed by atoms with E-state index in [4.69, 9.17) is 14.2 Å². The Bertz CT molecular complexity index is 1350. The fraction of sp³-hybridized carbons (Fsp3) is 0.367. The minimum atomic E-state index is -1.30. The van der Waals surface area contributed by atoms with E-state index in [1.54, 1.807) is 70.2 Å². The summed E-state index contributed by atoms with van der Waals surface area (Å²) in [7, 11) is 0. The number of carbonyl (C=O) groups excluding carboxylic acids is 5. The van der Waals surface area contributed by atoms with Gasteiger partial charge in [0.2, 0.25) is 12.7 Å². The first-order valence-corrected chi connectivity index (χ1v) is 14.1. The summed E-state index contributed by atoms with van der Waals surface area (Å²) in [6, 6.07) is 16.6. The maximum atomic E-state index is 13.4. The monoisotopic (exact) mass is 580 g/mol. The average molecular weight is 581 g/mol. The third-order valence-electron chi connectivity index (χ3n) is 6.50. The molecule has 2 unspecified atom stereocenters. The Hall–Kier alpha value is -4.12. The molecule has 2 aliphatic rings. The third kappa shape index (κ3) is 6.79. The van der Waals surface area contributed by atoms with Gasteiger partial charge in [-0.25, -0.2) is 4.79 Å². The lowest BCUT2D eigenvalue weighted by molar-refractivity contribution is -0.173. The van der Waals surface area contributed by atoms with Crippen LogP contribution in [0.2, 0.25) is 0 Å². The van der Waals surface area contributed by atoms with E-state index in [0.29, 0.717) is 16.9 Å². The summed E-state index contributed by atoms with van der Waals surface area (Å²) in [5.74, 6) is -4.17. The average Bonchev–Trinajstić information content (AvgIpc) is 2.95. The van der Waals surface area contributed by atoms with Crippen LogP contribution < -0.4 is 5.32 Å². The highest BCUT2D eigenvalue weighted by Crippen LogP contribution is 2.40. The number of thioether (sulfide) groups is 1. The molecule has 2 heterocycles. The van der Waals surface area contributed by atoms with Gasteiger partial charge in [0.05, 0.1) is 5.41 Å². The molecule has 1 saturated heterocycles. The zero-order valence-electron chi connectivity index (χ0n) is 23.2. The van der Waals surface area contributed by atoms with Crippen LogP contribution in [0.4, 0.5) is 0 Å². The molecule has 4 rings (SSSR count). The van der Waals surface area contributed by atoms with Crippen LogP contribution in [0.15, 0.2) is 71.9 Å². The highest BCUT2D eigenvalue weighted by Gasteiger charge is 2.54. The summed E-state index contributed by atoms with van der Waals surface area (Å²) < 4.78 is 15.6. The molecule has 0 saturated carbocycles. The maximum absolute atomic E-state index is 13.4. The van der Waals surface area contributed by atoms with Crippen LogP contribution in [0.1, 0.15) is 44.7 Å². The van der Waals surface area contributed by atoms with E-state index < -0.39 is 59.3 Å². The second kappa shape index (κ2) is 12.6. The molecule has 2 aliphatic heterocycles. The normalized spacial score (nSPS) is 18.9. The number of hydrogen-bond donors (Lipinski definition) is 1. The van der Waals surface area contributed by atoms with Gasteiger partial charge in [-0.2, -0.15) is 0 Å². The quantitative estimate of drug-likeness (QED) is 0.206. The Morgan fingerprint density at radius 1 is 0.976 bits per heavy atom. The van der Waals surface area contributed by atoms with Crippen molar-refractivity contribution >= 4 is 41.5 Å². The number of fused-ring (bicyclic) bond motifs is 1. The molecule has 2 amide bonds. The van der Waals surface area contributed by atoms with Crippen LogP contribution in [-0.4, -0.2) is 58.6 Å². The van der Waals surface area contributed by atoms with Gasteiger partial charge >= 0.3 is 17.9 Å². The van der Waals surface area contributed by atoms with Gasteiger partial charge in [-0.3, -0.25) is 24.1 Å². The van der Waals surface area contributed by atoms with Gasteiger partial charge in [-0.15, -0.1) is 11.8 Å². The molecule has 2 aromatic carbocycles. The van der Waals surface area contributed by atoms with Crippen LogP contribution in [0.25, 0.3) is 0 Å². The highest BCUT2D eigenvalue weighted by molar-refractivity contribution is 8.00. The SMILES string of the molecule is CC1=C(C(=O)OCOC(=O)C(C)(C)C)N2C(=O)C(NC(=O)C(C(=O)OCc3ccccc3)c3ccccc3)[C@H]2SC1. The largest absolute Gasteiger partial charge is 0.460 e. The van der Waals surface area contributed by atoms with E-state index in [0.717, 1.165) is 5.56 Å². The van der Waals surface area contributed by atoms with Gasteiger partial charge in [-0.1, -0.05) is 60.7 Å². The summed E-state index contributed by atoms with van der Waals surface area (Å²) in [4.78, 5) is 65.8. The second-order valence-electron chi connectivity index (χ2n) is 10.7. The lowest BCUT2D eigenvalue weighted by Crippen LogP contribution is -2.71. The molecule has 0 radical (unpaired) electrons. The topological polar surface area (TPSA) is 128 Å². The molecule has 216 valence electrons. The maximum Gasteiger partial charge on any atom is 0.357 e. The first-order valence-electron chi connectivity index (χ1n) is 13.0. The van der Waals surface area contributed by atoms with Crippen molar-refractivity contribution in [3.63, 3.8) is 0 Å². The van der Waals surface area contributed by atoms with E-state index in [9.17, 15) is 24.0 Å². The highest BCUT2D eigenvalue weighted by atomic mass is 32.2. The van der Waals surface area contributed by atoms with Crippen molar-refractivity contribution in [3.8, 4) is 0 Å². The fourth-order valence-electron chi connectivity index (χ4n) is 4.27. The smallest absolute Gasteiger partial charge is 0.357 e. The van der Waals surface area contributed by atoms with E-state index in [1.165, 1.54) is 16.7 Å². The minimum absolute atomic E-state index is 0.00842. The molecule has 0 spiro atoms. The first kappa shape index (κ1) is 29.9. The van der Waals surface area contributed by atoms with Gasteiger partial charge < -0.3 is 19.5 Å². The number of benzene rings is 2. The molecule has 10 nitrogen and oxygen atoms in total.